The minimum Gasteiger partial charge on any atom is -0.348 e. The lowest BCUT2D eigenvalue weighted by atomic mass is 9.86. The first-order valence-electron chi connectivity index (χ1n) is 14.4. The Kier molecular flexibility index (Phi) is 7.98. The highest BCUT2D eigenvalue weighted by atomic mass is 32.1. The molecule has 0 aromatic carbocycles. The second-order valence-corrected chi connectivity index (χ2v) is 13.6. The molecule has 9 heteroatoms. The van der Waals surface area contributed by atoms with Crippen LogP contribution in [0, 0.1) is 26.7 Å². The lowest BCUT2D eigenvalue weighted by molar-refractivity contribution is -0.130. The Morgan fingerprint density at radius 2 is 1.74 bits per heavy atom. The topological polar surface area (TPSA) is 63.1 Å². The Bertz CT molecular complexity index is 1120. The van der Waals surface area contributed by atoms with Gasteiger partial charge in [0.15, 0.2) is 0 Å². The number of carbonyl (C=O) groups is 1. The number of amides is 1. The second-order valence-electron chi connectivity index (χ2n) is 12.3. The molecule has 2 bridgehead atoms. The standard InChI is InChI=1S/C29H43F2N5OS/c1-17(2)27-34-33-20(5)36(27)24-15-22-6-7-23(16-24)35(22)13-10-25(26-18(3)14-19(4)38-26)32-28(37)21-8-11-29(30,31)12-9-21/h14,17,21-25H,6-13,15-16H2,1-5H3,(H,32,37)/t22?,23?,24?,25-/m0/s1. The average Bonchev–Trinajstić information content (AvgIpc) is 3.48. The molecule has 1 amide bonds. The number of alkyl halides is 2. The van der Waals surface area contributed by atoms with Crippen molar-refractivity contribution in [3.63, 3.8) is 0 Å². The number of rotatable bonds is 8. The van der Waals surface area contributed by atoms with Crippen molar-refractivity contribution >= 4 is 17.2 Å². The summed E-state index contributed by atoms with van der Waals surface area (Å²) in [5, 5.41) is 12.2. The summed E-state index contributed by atoms with van der Waals surface area (Å²) < 4.78 is 29.8. The molecule has 38 heavy (non-hydrogen) atoms. The van der Waals surface area contributed by atoms with Crippen LogP contribution >= 0.6 is 11.3 Å². The van der Waals surface area contributed by atoms with E-state index in [4.69, 9.17) is 0 Å². The molecule has 2 saturated heterocycles. The highest BCUT2D eigenvalue weighted by Crippen LogP contribution is 2.43. The Morgan fingerprint density at radius 3 is 2.32 bits per heavy atom. The number of halogens is 2. The Labute approximate surface area is 229 Å². The van der Waals surface area contributed by atoms with Gasteiger partial charge in [-0.1, -0.05) is 13.8 Å². The Balaban J connectivity index is 1.26. The van der Waals surface area contributed by atoms with Crippen LogP contribution in [0.15, 0.2) is 6.07 Å². The van der Waals surface area contributed by atoms with Crippen molar-refractivity contribution in [3.8, 4) is 0 Å². The van der Waals surface area contributed by atoms with E-state index in [0.717, 1.165) is 37.5 Å². The van der Waals surface area contributed by atoms with E-state index in [0.29, 0.717) is 24.0 Å². The van der Waals surface area contributed by atoms with Gasteiger partial charge in [-0.2, -0.15) is 0 Å². The van der Waals surface area contributed by atoms with Gasteiger partial charge in [0, 0.05) is 59.1 Å². The van der Waals surface area contributed by atoms with Crippen molar-refractivity contribution in [1.29, 1.82) is 0 Å². The Hall–Kier alpha value is -1.87. The summed E-state index contributed by atoms with van der Waals surface area (Å²) in [4.78, 5) is 18.3. The van der Waals surface area contributed by atoms with Crippen molar-refractivity contribution < 1.29 is 13.6 Å². The zero-order valence-corrected chi connectivity index (χ0v) is 24.3. The van der Waals surface area contributed by atoms with E-state index in [2.05, 4.69) is 65.7 Å². The van der Waals surface area contributed by atoms with Gasteiger partial charge in [0.25, 0.3) is 0 Å². The van der Waals surface area contributed by atoms with E-state index in [1.807, 2.05) is 0 Å². The zero-order valence-electron chi connectivity index (χ0n) is 23.5. The van der Waals surface area contributed by atoms with Crippen LogP contribution in [0.25, 0.3) is 0 Å². The fourth-order valence-electron chi connectivity index (χ4n) is 7.20. The predicted molar refractivity (Wildman–Crippen MR) is 147 cm³/mol. The van der Waals surface area contributed by atoms with Crippen LogP contribution in [0.3, 0.4) is 0 Å². The maximum atomic E-state index is 13.7. The van der Waals surface area contributed by atoms with Crippen molar-refractivity contribution in [1.82, 2.24) is 25.0 Å². The highest BCUT2D eigenvalue weighted by Gasteiger charge is 2.43. The van der Waals surface area contributed by atoms with Gasteiger partial charge in [-0.05, 0) is 77.3 Å². The van der Waals surface area contributed by atoms with Crippen LogP contribution in [0.2, 0.25) is 0 Å². The third kappa shape index (κ3) is 5.69. The van der Waals surface area contributed by atoms with Gasteiger partial charge in [0.1, 0.15) is 11.6 Å². The number of fused-ring (bicyclic) bond motifs is 2. The van der Waals surface area contributed by atoms with Gasteiger partial charge >= 0.3 is 0 Å². The fraction of sp³-hybridized carbons (Fsp3) is 0.759. The largest absolute Gasteiger partial charge is 0.348 e. The molecule has 3 fully saturated rings. The molecule has 4 heterocycles. The summed E-state index contributed by atoms with van der Waals surface area (Å²) in [5.41, 5.74) is 1.21. The lowest BCUT2D eigenvalue weighted by Crippen LogP contribution is -2.45. The Morgan fingerprint density at radius 1 is 1.08 bits per heavy atom. The van der Waals surface area contributed by atoms with Crippen LogP contribution < -0.4 is 5.32 Å². The van der Waals surface area contributed by atoms with Crippen LogP contribution in [0.1, 0.15) is 117 Å². The molecular weight excluding hydrogens is 504 g/mol. The predicted octanol–water partition coefficient (Wildman–Crippen LogP) is 6.63. The first kappa shape index (κ1) is 27.7. The second kappa shape index (κ2) is 11.0. The molecule has 0 spiro atoms. The van der Waals surface area contributed by atoms with Crippen LogP contribution in [0.5, 0.6) is 0 Å². The number of thiophene rings is 1. The molecule has 3 aliphatic rings. The summed E-state index contributed by atoms with van der Waals surface area (Å²) in [6, 6.07) is 3.61. The van der Waals surface area contributed by atoms with Crippen molar-refractivity contribution in [3.05, 3.63) is 33.0 Å². The summed E-state index contributed by atoms with van der Waals surface area (Å²) in [6.45, 7) is 11.6. The van der Waals surface area contributed by atoms with Crippen molar-refractivity contribution in [2.24, 2.45) is 5.92 Å². The van der Waals surface area contributed by atoms with Gasteiger partial charge in [-0.3, -0.25) is 9.69 Å². The zero-order chi connectivity index (χ0) is 27.2. The number of aryl methyl sites for hydroxylation is 3. The van der Waals surface area contributed by atoms with E-state index in [-0.39, 0.29) is 43.6 Å². The smallest absolute Gasteiger partial charge is 0.248 e. The number of nitrogens with zero attached hydrogens (tertiary/aromatic N) is 4. The van der Waals surface area contributed by atoms with Gasteiger partial charge in [0.2, 0.25) is 11.8 Å². The van der Waals surface area contributed by atoms with E-state index in [1.165, 1.54) is 28.2 Å². The van der Waals surface area contributed by atoms with Gasteiger partial charge in [-0.15, -0.1) is 21.5 Å². The summed E-state index contributed by atoms with van der Waals surface area (Å²) >= 11 is 1.75. The molecule has 2 aromatic rings. The third-order valence-corrected chi connectivity index (χ3v) is 10.4. The normalized spacial score (nSPS) is 26.7. The maximum Gasteiger partial charge on any atom is 0.248 e. The lowest BCUT2D eigenvalue weighted by Gasteiger charge is -2.40. The SMILES string of the molecule is Cc1cc(C)c([C@H](CCN2C3CCC2CC(n2c(C)nnc2C(C)C)C3)NC(=O)C2CCC(F)(F)CC2)s1. The molecule has 2 aromatic heterocycles. The first-order chi connectivity index (χ1) is 18.0. The third-order valence-electron chi connectivity index (χ3n) is 9.11. The highest BCUT2D eigenvalue weighted by molar-refractivity contribution is 7.12. The number of piperidine rings is 1. The van der Waals surface area contributed by atoms with Gasteiger partial charge in [0.05, 0.1) is 6.04 Å². The minimum absolute atomic E-state index is 0.0538. The van der Waals surface area contributed by atoms with E-state index >= 15 is 0 Å². The molecule has 2 aliphatic heterocycles. The van der Waals surface area contributed by atoms with Gasteiger partial charge in [-0.25, -0.2) is 8.78 Å². The average molecular weight is 548 g/mol. The summed E-state index contributed by atoms with van der Waals surface area (Å²) in [7, 11) is 0. The van der Waals surface area contributed by atoms with Crippen molar-refractivity contribution in [2.75, 3.05) is 6.54 Å². The fourth-order valence-corrected chi connectivity index (χ4v) is 8.32. The molecule has 210 valence electrons. The monoisotopic (exact) mass is 547 g/mol. The number of aromatic nitrogens is 3. The number of hydrogen-bond acceptors (Lipinski definition) is 5. The molecule has 3 atom stereocenters. The molecule has 1 aliphatic carbocycles. The molecule has 2 unspecified atom stereocenters. The first-order valence-corrected chi connectivity index (χ1v) is 15.3. The summed E-state index contributed by atoms with van der Waals surface area (Å²) in [5.74, 6) is -0.534. The quantitative estimate of drug-likeness (QED) is 0.403. The molecular formula is C29H43F2N5OS. The molecule has 0 radical (unpaired) electrons. The van der Waals surface area contributed by atoms with E-state index in [9.17, 15) is 13.6 Å². The molecule has 1 saturated carbocycles. The summed E-state index contributed by atoms with van der Waals surface area (Å²) in [6.07, 6.45) is 5.66. The number of carbonyl (C=O) groups excluding carboxylic acids is 1. The van der Waals surface area contributed by atoms with Crippen LogP contribution in [0.4, 0.5) is 8.78 Å². The molecule has 6 nitrogen and oxygen atoms in total. The van der Waals surface area contributed by atoms with E-state index in [1.54, 1.807) is 11.3 Å². The van der Waals surface area contributed by atoms with Crippen LogP contribution in [-0.2, 0) is 4.79 Å². The molecule has 1 N–H and O–H groups in total. The van der Waals surface area contributed by atoms with E-state index < -0.39 is 5.92 Å². The van der Waals surface area contributed by atoms with Gasteiger partial charge < -0.3 is 9.88 Å². The minimum atomic E-state index is -2.62. The number of nitrogens with one attached hydrogen (secondary N) is 1. The van der Waals surface area contributed by atoms with Crippen molar-refractivity contribution in [2.45, 2.75) is 128 Å². The maximum absolute atomic E-state index is 13.7. The van der Waals surface area contributed by atoms with Crippen LogP contribution in [-0.4, -0.2) is 50.1 Å². The number of hydrogen-bond donors (Lipinski definition) is 1. The molecule has 5 rings (SSSR count).